The second-order valence-corrected chi connectivity index (χ2v) is 5.04. The number of amides is 1. The van der Waals surface area contributed by atoms with Gasteiger partial charge in [0.25, 0.3) is 5.91 Å². The zero-order valence-electron chi connectivity index (χ0n) is 11.6. The van der Waals surface area contributed by atoms with E-state index in [1.807, 2.05) is 30.3 Å². The third kappa shape index (κ3) is 3.83. The van der Waals surface area contributed by atoms with Gasteiger partial charge in [-0.25, -0.2) is 0 Å². The van der Waals surface area contributed by atoms with Gasteiger partial charge >= 0.3 is 0 Å². The number of hydrogen-bond acceptors (Lipinski definition) is 2. The van der Waals surface area contributed by atoms with Gasteiger partial charge in [0, 0.05) is 17.4 Å². The van der Waals surface area contributed by atoms with Crippen LogP contribution < -0.4 is 5.32 Å². The molecule has 2 rings (SSSR count). The molecule has 0 spiro atoms. The molecule has 0 fully saturated rings. The Morgan fingerprint density at radius 1 is 1.26 bits per heavy atom. The fourth-order valence-electron chi connectivity index (χ4n) is 2.05. The van der Waals surface area contributed by atoms with Crippen LogP contribution in [0.3, 0.4) is 0 Å². The van der Waals surface area contributed by atoms with E-state index in [-0.39, 0.29) is 5.91 Å². The highest BCUT2D eigenvalue weighted by molar-refractivity contribution is 5.97. The van der Waals surface area contributed by atoms with E-state index in [0.717, 1.165) is 36.8 Å². The lowest BCUT2D eigenvalue weighted by molar-refractivity contribution is 0.0948. The summed E-state index contributed by atoms with van der Waals surface area (Å²) in [6, 6.07) is 9.80. The molecule has 1 aromatic heterocycles. The Morgan fingerprint density at radius 2 is 2.05 bits per heavy atom. The normalized spacial score (nSPS) is 11.1. The number of para-hydroxylation sites is 1. The number of benzene rings is 1. The second-order valence-electron chi connectivity index (χ2n) is 5.04. The van der Waals surface area contributed by atoms with Crippen molar-refractivity contribution < 1.29 is 4.79 Å². The number of carbonyl (C=O) groups is 1. The predicted molar refractivity (Wildman–Crippen MR) is 78.4 cm³/mol. The van der Waals surface area contributed by atoms with E-state index in [9.17, 15) is 4.79 Å². The molecule has 0 radical (unpaired) electrons. The maximum Gasteiger partial charge on any atom is 0.267 e. The lowest BCUT2D eigenvalue weighted by atomic mass is 10.2. The van der Waals surface area contributed by atoms with Crippen molar-refractivity contribution in [1.82, 2.24) is 15.2 Å². The van der Waals surface area contributed by atoms with E-state index in [1.54, 1.807) is 0 Å². The second kappa shape index (κ2) is 6.38. The molecule has 19 heavy (non-hydrogen) atoms. The number of hydrogen-bond donors (Lipinski definition) is 2. The van der Waals surface area contributed by atoms with Gasteiger partial charge in [0.15, 0.2) is 0 Å². The van der Waals surface area contributed by atoms with Gasteiger partial charge in [0.2, 0.25) is 0 Å². The standard InChI is InChI=1S/C15H21N3O/c1-18(2)10-6-5-9-16-15(19)14-11-12-7-3-4-8-13(12)17-14/h3-4,7-8,11,17H,5-6,9-10H2,1-2H3,(H,16,19). The first-order chi connectivity index (χ1) is 9.16. The Labute approximate surface area is 113 Å². The number of aromatic nitrogens is 1. The fraction of sp³-hybridized carbons (Fsp3) is 0.400. The van der Waals surface area contributed by atoms with Crippen LogP contribution in [-0.4, -0.2) is 43.0 Å². The van der Waals surface area contributed by atoms with Crippen LogP contribution >= 0.6 is 0 Å². The van der Waals surface area contributed by atoms with E-state index in [4.69, 9.17) is 0 Å². The SMILES string of the molecule is CN(C)CCCCNC(=O)c1cc2ccccc2[nH]1. The summed E-state index contributed by atoms with van der Waals surface area (Å²) in [6.07, 6.45) is 2.10. The first kappa shape index (κ1) is 13.6. The van der Waals surface area contributed by atoms with Gasteiger partial charge in [-0.05, 0) is 45.6 Å². The molecule has 102 valence electrons. The summed E-state index contributed by atoms with van der Waals surface area (Å²) in [6.45, 7) is 1.78. The average molecular weight is 259 g/mol. The third-order valence-electron chi connectivity index (χ3n) is 3.09. The van der Waals surface area contributed by atoms with E-state index in [1.165, 1.54) is 0 Å². The summed E-state index contributed by atoms with van der Waals surface area (Å²) in [5, 5.41) is 4.01. The van der Waals surface area contributed by atoms with Crippen molar-refractivity contribution in [3.63, 3.8) is 0 Å². The van der Waals surface area contributed by atoms with Gasteiger partial charge in [0.1, 0.15) is 5.69 Å². The highest BCUT2D eigenvalue weighted by Crippen LogP contribution is 2.14. The third-order valence-corrected chi connectivity index (χ3v) is 3.09. The quantitative estimate of drug-likeness (QED) is 0.782. The van der Waals surface area contributed by atoms with Crippen molar-refractivity contribution in [1.29, 1.82) is 0 Å². The number of aromatic amines is 1. The Hall–Kier alpha value is -1.81. The molecule has 2 N–H and O–H groups in total. The summed E-state index contributed by atoms with van der Waals surface area (Å²) in [5.74, 6) is -0.0268. The fourth-order valence-corrected chi connectivity index (χ4v) is 2.05. The Bertz CT molecular complexity index is 512. The monoisotopic (exact) mass is 259 g/mol. The molecule has 1 aromatic carbocycles. The first-order valence-electron chi connectivity index (χ1n) is 6.67. The molecule has 4 nitrogen and oxygen atoms in total. The maximum atomic E-state index is 12.0. The molecule has 0 saturated carbocycles. The average Bonchev–Trinajstić information content (AvgIpc) is 2.81. The zero-order chi connectivity index (χ0) is 13.7. The van der Waals surface area contributed by atoms with E-state index in [2.05, 4.69) is 29.3 Å². The zero-order valence-corrected chi connectivity index (χ0v) is 11.6. The number of carbonyl (C=O) groups excluding carboxylic acids is 1. The molecular weight excluding hydrogens is 238 g/mol. The van der Waals surface area contributed by atoms with Gasteiger partial charge in [-0.3, -0.25) is 4.79 Å². The minimum Gasteiger partial charge on any atom is -0.351 e. The summed E-state index contributed by atoms with van der Waals surface area (Å²) in [4.78, 5) is 17.2. The Kier molecular flexibility index (Phi) is 4.58. The predicted octanol–water partition coefficient (Wildman–Crippen LogP) is 2.24. The lowest BCUT2D eigenvalue weighted by Crippen LogP contribution is -2.25. The summed E-state index contributed by atoms with van der Waals surface area (Å²) in [7, 11) is 4.12. The number of nitrogens with one attached hydrogen (secondary N) is 2. The van der Waals surface area contributed by atoms with Crippen molar-refractivity contribution in [2.24, 2.45) is 0 Å². The first-order valence-corrected chi connectivity index (χ1v) is 6.67. The molecule has 0 saturated heterocycles. The van der Waals surface area contributed by atoms with Crippen molar-refractivity contribution in [2.75, 3.05) is 27.2 Å². The number of nitrogens with zero attached hydrogens (tertiary/aromatic N) is 1. The van der Waals surface area contributed by atoms with Gasteiger partial charge in [-0.1, -0.05) is 18.2 Å². The minimum atomic E-state index is -0.0268. The highest BCUT2D eigenvalue weighted by atomic mass is 16.1. The van der Waals surface area contributed by atoms with Crippen LogP contribution in [0.1, 0.15) is 23.3 Å². The van der Waals surface area contributed by atoms with Crippen LogP contribution in [0.15, 0.2) is 30.3 Å². The van der Waals surface area contributed by atoms with Crippen LogP contribution in [-0.2, 0) is 0 Å². The molecule has 0 aliphatic rings. The van der Waals surface area contributed by atoms with Crippen molar-refractivity contribution >= 4 is 16.8 Å². The van der Waals surface area contributed by atoms with Crippen molar-refractivity contribution in [2.45, 2.75) is 12.8 Å². The molecule has 2 aromatic rings. The van der Waals surface area contributed by atoms with Gasteiger partial charge in [0.05, 0.1) is 0 Å². The van der Waals surface area contributed by atoms with Gasteiger partial charge in [-0.2, -0.15) is 0 Å². The lowest BCUT2D eigenvalue weighted by Gasteiger charge is -2.09. The molecule has 0 atom stereocenters. The minimum absolute atomic E-state index is 0.0268. The molecule has 1 amide bonds. The number of H-pyrrole nitrogens is 1. The van der Waals surface area contributed by atoms with E-state index < -0.39 is 0 Å². The maximum absolute atomic E-state index is 12.0. The summed E-state index contributed by atoms with van der Waals surface area (Å²) < 4.78 is 0. The largest absolute Gasteiger partial charge is 0.351 e. The van der Waals surface area contributed by atoms with Gasteiger partial charge < -0.3 is 15.2 Å². The smallest absolute Gasteiger partial charge is 0.267 e. The van der Waals surface area contributed by atoms with Gasteiger partial charge in [-0.15, -0.1) is 0 Å². The number of rotatable bonds is 6. The molecule has 4 heteroatoms. The van der Waals surface area contributed by atoms with Crippen molar-refractivity contribution in [3.8, 4) is 0 Å². The number of fused-ring (bicyclic) bond motifs is 1. The topological polar surface area (TPSA) is 48.1 Å². The molecule has 0 aliphatic heterocycles. The molecule has 0 aliphatic carbocycles. The van der Waals surface area contributed by atoms with Crippen LogP contribution in [0.2, 0.25) is 0 Å². The highest BCUT2D eigenvalue weighted by Gasteiger charge is 2.08. The molecule has 0 bridgehead atoms. The number of unbranched alkanes of at least 4 members (excludes halogenated alkanes) is 1. The van der Waals surface area contributed by atoms with Crippen LogP contribution in [0.4, 0.5) is 0 Å². The Balaban J connectivity index is 1.83. The van der Waals surface area contributed by atoms with Crippen LogP contribution in [0, 0.1) is 0 Å². The van der Waals surface area contributed by atoms with Crippen molar-refractivity contribution in [3.05, 3.63) is 36.0 Å². The summed E-state index contributed by atoms with van der Waals surface area (Å²) >= 11 is 0. The summed E-state index contributed by atoms with van der Waals surface area (Å²) in [5.41, 5.74) is 1.63. The molecular formula is C15H21N3O. The molecule has 1 heterocycles. The van der Waals surface area contributed by atoms with E-state index in [0.29, 0.717) is 5.69 Å². The Morgan fingerprint density at radius 3 is 2.79 bits per heavy atom. The van der Waals surface area contributed by atoms with E-state index >= 15 is 0 Å². The van der Waals surface area contributed by atoms with Crippen LogP contribution in [0.25, 0.3) is 10.9 Å². The molecule has 0 unspecified atom stereocenters. The van der Waals surface area contributed by atoms with Crippen LogP contribution in [0.5, 0.6) is 0 Å².